The smallest absolute Gasteiger partial charge is 0.248 e. The first-order valence-electron chi connectivity index (χ1n) is 11.2. The van der Waals surface area contributed by atoms with Crippen LogP contribution in [0, 0.1) is 0 Å². The van der Waals surface area contributed by atoms with E-state index >= 15 is 0 Å². The van der Waals surface area contributed by atoms with Gasteiger partial charge in [0.05, 0.1) is 11.0 Å². The van der Waals surface area contributed by atoms with Crippen LogP contribution in [-0.4, -0.2) is 40.5 Å². The van der Waals surface area contributed by atoms with Gasteiger partial charge in [-0.15, -0.1) is 0 Å². The zero-order valence-corrected chi connectivity index (χ0v) is 18.0. The monoisotopic (exact) mass is 425 g/mol. The molecule has 0 spiro atoms. The van der Waals surface area contributed by atoms with Crippen LogP contribution in [0.1, 0.15) is 41.8 Å². The summed E-state index contributed by atoms with van der Waals surface area (Å²) in [5.74, 6) is 1.43. The second-order valence-corrected chi connectivity index (χ2v) is 8.31. The van der Waals surface area contributed by atoms with Crippen molar-refractivity contribution in [3.8, 4) is 0 Å². The van der Waals surface area contributed by atoms with Gasteiger partial charge in [0.15, 0.2) is 0 Å². The van der Waals surface area contributed by atoms with Gasteiger partial charge in [0.1, 0.15) is 18.5 Å². The van der Waals surface area contributed by atoms with Crippen molar-refractivity contribution in [2.24, 2.45) is 0 Å². The van der Waals surface area contributed by atoms with Crippen LogP contribution in [0.5, 0.6) is 0 Å². The summed E-state index contributed by atoms with van der Waals surface area (Å²) >= 11 is 0. The third-order valence-corrected chi connectivity index (χ3v) is 6.22. The number of likely N-dealkylation sites (tertiary alicyclic amines) is 1. The molecule has 32 heavy (non-hydrogen) atoms. The van der Waals surface area contributed by atoms with Crippen molar-refractivity contribution in [3.63, 3.8) is 0 Å². The molecule has 5 rings (SSSR count). The molecule has 2 heterocycles. The van der Waals surface area contributed by atoms with Gasteiger partial charge in [-0.05, 0) is 36.1 Å². The maximum Gasteiger partial charge on any atom is 0.248 e. The number of aromatic amines is 1. The van der Waals surface area contributed by atoms with Crippen LogP contribution in [0.15, 0.2) is 84.9 Å². The number of carbonyl (C=O) groups is 1. The Balaban J connectivity index is 1.20. The molecule has 0 unspecified atom stereocenters. The number of hydrogen-bond acceptors (Lipinski definition) is 3. The number of fused-ring (bicyclic) bond motifs is 1. The van der Waals surface area contributed by atoms with E-state index in [2.05, 4.69) is 11.1 Å². The van der Waals surface area contributed by atoms with Crippen molar-refractivity contribution in [1.82, 2.24) is 14.9 Å². The van der Waals surface area contributed by atoms with Gasteiger partial charge in [0.2, 0.25) is 5.91 Å². The molecule has 0 bridgehead atoms. The molecule has 162 valence electrons. The number of para-hydroxylation sites is 2. The highest BCUT2D eigenvalue weighted by atomic mass is 16.5. The molecule has 0 saturated carbocycles. The summed E-state index contributed by atoms with van der Waals surface area (Å²) in [5.41, 5.74) is 4.18. The third kappa shape index (κ3) is 4.43. The number of benzene rings is 3. The highest BCUT2D eigenvalue weighted by Crippen LogP contribution is 2.29. The quantitative estimate of drug-likeness (QED) is 0.469. The lowest BCUT2D eigenvalue weighted by Crippen LogP contribution is -2.40. The Labute approximate surface area is 188 Å². The van der Waals surface area contributed by atoms with E-state index in [1.165, 1.54) is 0 Å². The highest BCUT2D eigenvalue weighted by Gasteiger charge is 2.26. The number of piperidine rings is 1. The predicted molar refractivity (Wildman–Crippen MR) is 125 cm³/mol. The fourth-order valence-corrected chi connectivity index (χ4v) is 4.45. The van der Waals surface area contributed by atoms with Crippen molar-refractivity contribution >= 4 is 16.9 Å². The fourth-order valence-electron chi connectivity index (χ4n) is 4.45. The first kappa shape index (κ1) is 20.5. The summed E-state index contributed by atoms with van der Waals surface area (Å²) in [6.45, 7) is 1.53. The number of H-pyrrole nitrogens is 1. The SMILES string of the molecule is O=C(COC(c1ccccc1)c1ccccc1)N1CCC(c2nc3ccccc3[nH]2)CC1. The van der Waals surface area contributed by atoms with Gasteiger partial charge in [-0.1, -0.05) is 72.8 Å². The van der Waals surface area contributed by atoms with Crippen LogP contribution in [0.4, 0.5) is 0 Å². The molecule has 5 heteroatoms. The van der Waals surface area contributed by atoms with Gasteiger partial charge in [0, 0.05) is 19.0 Å². The topological polar surface area (TPSA) is 58.2 Å². The molecule has 0 radical (unpaired) electrons. The first-order chi connectivity index (χ1) is 15.8. The second-order valence-electron chi connectivity index (χ2n) is 8.31. The summed E-state index contributed by atoms with van der Waals surface area (Å²) < 4.78 is 6.17. The molecule has 0 atom stereocenters. The average Bonchev–Trinajstić information content (AvgIpc) is 3.30. The number of nitrogens with zero attached hydrogens (tertiary/aromatic N) is 2. The molecule has 1 aliphatic heterocycles. The Morgan fingerprint density at radius 2 is 1.50 bits per heavy atom. The van der Waals surface area contributed by atoms with E-state index in [4.69, 9.17) is 9.72 Å². The molecule has 1 saturated heterocycles. The number of rotatable bonds is 6. The van der Waals surface area contributed by atoms with E-state index in [0.29, 0.717) is 5.92 Å². The van der Waals surface area contributed by atoms with Gasteiger partial charge in [-0.3, -0.25) is 4.79 Å². The number of amides is 1. The Kier molecular flexibility index (Phi) is 5.99. The molecule has 1 aromatic heterocycles. The Morgan fingerprint density at radius 1 is 0.906 bits per heavy atom. The zero-order valence-electron chi connectivity index (χ0n) is 18.0. The minimum absolute atomic E-state index is 0.0462. The second kappa shape index (κ2) is 9.37. The highest BCUT2D eigenvalue weighted by molar-refractivity contribution is 5.77. The van der Waals surface area contributed by atoms with Crippen molar-refractivity contribution in [1.29, 1.82) is 0 Å². The lowest BCUT2D eigenvalue weighted by atomic mass is 9.96. The van der Waals surface area contributed by atoms with Gasteiger partial charge < -0.3 is 14.6 Å². The van der Waals surface area contributed by atoms with Crippen LogP contribution in [-0.2, 0) is 9.53 Å². The maximum atomic E-state index is 12.9. The number of hydrogen-bond donors (Lipinski definition) is 1. The summed E-state index contributed by atoms with van der Waals surface area (Å²) in [5, 5.41) is 0. The number of nitrogens with one attached hydrogen (secondary N) is 1. The number of imidazole rings is 1. The molecule has 1 fully saturated rings. The van der Waals surface area contributed by atoms with E-state index in [9.17, 15) is 4.79 Å². The standard InChI is InChI=1S/C27H27N3O2/c31-25(19-32-26(20-9-3-1-4-10-20)21-11-5-2-6-12-21)30-17-15-22(16-18-30)27-28-23-13-7-8-14-24(23)29-27/h1-14,22,26H,15-19H2,(H,28,29). The van der Waals surface area contributed by atoms with Crippen LogP contribution in [0.25, 0.3) is 11.0 Å². The fraction of sp³-hybridized carbons (Fsp3) is 0.259. The molecule has 0 aliphatic carbocycles. The van der Waals surface area contributed by atoms with Crippen LogP contribution in [0.3, 0.4) is 0 Å². The summed E-state index contributed by atoms with van der Waals surface area (Å²) in [7, 11) is 0. The van der Waals surface area contributed by atoms with E-state index < -0.39 is 0 Å². The third-order valence-electron chi connectivity index (χ3n) is 6.22. The molecular weight excluding hydrogens is 398 g/mol. The summed E-state index contributed by atoms with van der Waals surface area (Å²) in [6.07, 6.45) is 1.56. The number of ether oxygens (including phenoxy) is 1. The molecule has 1 amide bonds. The van der Waals surface area contributed by atoms with Crippen molar-refractivity contribution in [3.05, 3.63) is 102 Å². The predicted octanol–water partition coefficient (Wildman–Crippen LogP) is 5.08. The van der Waals surface area contributed by atoms with Gasteiger partial charge in [-0.2, -0.15) is 0 Å². The summed E-state index contributed by atoms with van der Waals surface area (Å²) in [6, 6.07) is 28.3. The molecule has 3 aromatic carbocycles. The lowest BCUT2D eigenvalue weighted by Gasteiger charge is -2.31. The van der Waals surface area contributed by atoms with E-state index in [-0.39, 0.29) is 18.6 Å². The number of carbonyl (C=O) groups excluding carboxylic acids is 1. The normalized spacial score (nSPS) is 14.8. The van der Waals surface area contributed by atoms with E-state index in [0.717, 1.165) is 53.9 Å². The molecule has 5 nitrogen and oxygen atoms in total. The minimum Gasteiger partial charge on any atom is -0.359 e. The van der Waals surface area contributed by atoms with Gasteiger partial charge >= 0.3 is 0 Å². The van der Waals surface area contributed by atoms with Gasteiger partial charge in [-0.25, -0.2) is 4.98 Å². The van der Waals surface area contributed by atoms with Crippen molar-refractivity contribution < 1.29 is 9.53 Å². The molecular formula is C27H27N3O2. The van der Waals surface area contributed by atoms with Crippen LogP contribution < -0.4 is 0 Å². The maximum absolute atomic E-state index is 12.9. The Bertz CT molecular complexity index is 1090. The van der Waals surface area contributed by atoms with Crippen LogP contribution >= 0.6 is 0 Å². The molecule has 1 N–H and O–H groups in total. The van der Waals surface area contributed by atoms with Gasteiger partial charge in [0.25, 0.3) is 0 Å². The Morgan fingerprint density at radius 3 is 2.12 bits per heavy atom. The largest absolute Gasteiger partial charge is 0.359 e. The van der Waals surface area contributed by atoms with Crippen LogP contribution in [0.2, 0.25) is 0 Å². The molecule has 1 aliphatic rings. The minimum atomic E-state index is -0.255. The van der Waals surface area contributed by atoms with E-state index in [1.807, 2.05) is 83.8 Å². The Hall–Kier alpha value is -3.44. The average molecular weight is 426 g/mol. The zero-order chi connectivity index (χ0) is 21.8. The molecule has 4 aromatic rings. The number of aromatic nitrogens is 2. The van der Waals surface area contributed by atoms with E-state index in [1.54, 1.807) is 0 Å². The van der Waals surface area contributed by atoms with Crippen molar-refractivity contribution in [2.45, 2.75) is 24.9 Å². The van der Waals surface area contributed by atoms with Crippen molar-refractivity contribution in [2.75, 3.05) is 19.7 Å². The lowest BCUT2D eigenvalue weighted by molar-refractivity contribution is -0.138. The first-order valence-corrected chi connectivity index (χ1v) is 11.2. The summed E-state index contributed by atoms with van der Waals surface area (Å²) in [4.78, 5) is 23.0.